The predicted octanol–water partition coefficient (Wildman–Crippen LogP) is 3.99. The monoisotopic (exact) mass is 381 g/mol. The Morgan fingerprint density at radius 3 is 2.37 bits per heavy atom. The molecule has 1 heterocycles. The standard InChI is InChI=1S/C21H23N3O2S/c1-15(13-26-2)22-18(25)14-27-21-23-19(16-9-5-3-6-10-16)20(24-21)17-11-7-4-8-12-17/h3-12,15H,13-14H2,1-2H3,(H,22,25)(H,23,24). The van der Waals surface area contributed by atoms with Gasteiger partial charge in [0.1, 0.15) is 0 Å². The van der Waals surface area contributed by atoms with Gasteiger partial charge >= 0.3 is 0 Å². The Morgan fingerprint density at radius 2 is 1.74 bits per heavy atom. The SMILES string of the molecule is COCC(C)NC(=O)CSc1nc(-c2ccccc2)c(-c2ccccc2)[nH]1. The van der Waals surface area contributed by atoms with Gasteiger partial charge in [-0.1, -0.05) is 72.4 Å². The van der Waals surface area contributed by atoms with Crippen LogP contribution in [0.1, 0.15) is 6.92 Å². The first kappa shape index (κ1) is 19.2. The normalized spacial score (nSPS) is 11.9. The lowest BCUT2D eigenvalue weighted by Crippen LogP contribution is -2.36. The average Bonchev–Trinajstić information content (AvgIpc) is 3.12. The second kappa shape index (κ2) is 9.39. The van der Waals surface area contributed by atoms with Gasteiger partial charge in [-0.15, -0.1) is 0 Å². The van der Waals surface area contributed by atoms with Gasteiger partial charge in [-0.05, 0) is 6.92 Å². The molecule has 0 spiro atoms. The minimum atomic E-state index is -0.0385. The first-order chi connectivity index (χ1) is 13.2. The summed E-state index contributed by atoms with van der Waals surface area (Å²) < 4.78 is 5.04. The number of rotatable bonds is 8. The number of hydrogen-bond donors (Lipinski definition) is 2. The fraction of sp³-hybridized carbons (Fsp3) is 0.238. The minimum Gasteiger partial charge on any atom is -0.383 e. The summed E-state index contributed by atoms with van der Waals surface area (Å²) in [5, 5.41) is 3.63. The highest BCUT2D eigenvalue weighted by Gasteiger charge is 2.15. The summed E-state index contributed by atoms with van der Waals surface area (Å²) in [6.07, 6.45) is 0. The lowest BCUT2D eigenvalue weighted by atomic mass is 10.1. The largest absolute Gasteiger partial charge is 0.383 e. The number of carbonyl (C=O) groups is 1. The Labute approximate surface area is 163 Å². The number of nitrogens with zero attached hydrogens (tertiary/aromatic N) is 1. The topological polar surface area (TPSA) is 67.0 Å². The van der Waals surface area contributed by atoms with Crippen molar-refractivity contribution in [1.82, 2.24) is 15.3 Å². The molecule has 1 aromatic heterocycles. The lowest BCUT2D eigenvalue weighted by Gasteiger charge is -2.11. The van der Waals surface area contributed by atoms with Crippen LogP contribution in [-0.4, -0.2) is 41.4 Å². The molecule has 0 saturated carbocycles. The maximum Gasteiger partial charge on any atom is 0.230 e. The van der Waals surface area contributed by atoms with E-state index in [-0.39, 0.29) is 11.9 Å². The number of nitrogens with one attached hydrogen (secondary N) is 2. The van der Waals surface area contributed by atoms with E-state index >= 15 is 0 Å². The zero-order valence-electron chi connectivity index (χ0n) is 15.4. The maximum absolute atomic E-state index is 12.1. The molecule has 27 heavy (non-hydrogen) atoms. The smallest absolute Gasteiger partial charge is 0.230 e. The number of aromatic nitrogens is 2. The van der Waals surface area contributed by atoms with Crippen LogP contribution in [0.25, 0.3) is 22.5 Å². The van der Waals surface area contributed by atoms with Crippen LogP contribution in [0.5, 0.6) is 0 Å². The van der Waals surface area contributed by atoms with Gasteiger partial charge in [0.2, 0.25) is 5.91 Å². The fourth-order valence-corrected chi connectivity index (χ4v) is 3.46. The molecule has 1 unspecified atom stereocenters. The number of imidazole rings is 1. The Kier molecular flexibility index (Phi) is 6.68. The van der Waals surface area contributed by atoms with Crippen molar-refractivity contribution in [3.8, 4) is 22.5 Å². The molecule has 1 amide bonds. The Bertz CT molecular complexity index is 809. The highest BCUT2D eigenvalue weighted by Crippen LogP contribution is 2.32. The number of hydrogen-bond acceptors (Lipinski definition) is 4. The van der Waals surface area contributed by atoms with Crippen molar-refractivity contribution in [3.05, 3.63) is 60.7 Å². The second-order valence-electron chi connectivity index (χ2n) is 6.21. The van der Waals surface area contributed by atoms with Crippen molar-refractivity contribution in [3.63, 3.8) is 0 Å². The first-order valence-corrected chi connectivity index (χ1v) is 9.78. The molecule has 6 heteroatoms. The van der Waals surface area contributed by atoms with Gasteiger partial charge < -0.3 is 15.0 Å². The van der Waals surface area contributed by atoms with Gasteiger partial charge in [0.25, 0.3) is 0 Å². The second-order valence-corrected chi connectivity index (χ2v) is 7.17. The van der Waals surface area contributed by atoms with Gasteiger partial charge in [-0.25, -0.2) is 4.98 Å². The van der Waals surface area contributed by atoms with E-state index in [1.54, 1.807) is 7.11 Å². The summed E-state index contributed by atoms with van der Waals surface area (Å²) in [6, 6.07) is 20.1. The molecule has 0 bridgehead atoms. The van der Waals surface area contributed by atoms with Crippen LogP contribution >= 0.6 is 11.8 Å². The summed E-state index contributed by atoms with van der Waals surface area (Å²) in [5.74, 6) is 0.257. The lowest BCUT2D eigenvalue weighted by molar-refractivity contribution is -0.119. The highest BCUT2D eigenvalue weighted by atomic mass is 32.2. The van der Waals surface area contributed by atoms with E-state index < -0.39 is 0 Å². The van der Waals surface area contributed by atoms with Crippen molar-refractivity contribution in [2.75, 3.05) is 19.5 Å². The zero-order valence-corrected chi connectivity index (χ0v) is 16.3. The van der Waals surface area contributed by atoms with E-state index in [1.807, 2.05) is 67.6 Å². The van der Waals surface area contributed by atoms with E-state index in [0.29, 0.717) is 12.4 Å². The maximum atomic E-state index is 12.1. The van der Waals surface area contributed by atoms with Crippen LogP contribution in [0.4, 0.5) is 0 Å². The molecule has 0 radical (unpaired) electrons. The summed E-state index contributed by atoms with van der Waals surface area (Å²) in [6.45, 7) is 2.41. The van der Waals surface area contributed by atoms with Crippen LogP contribution in [0.2, 0.25) is 0 Å². The molecule has 0 saturated heterocycles. The molecule has 0 aliphatic rings. The fourth-order valence-electron chi connectivity index (χ4n) is 2.78. The molecule has 5 nitrogen and oxygen atoms in total. The predicted molar refractivity (Wildman–Crippen MR) is 110 cm³/mol. The highest BCUT2D eigenvalue weighted by molar-refractivity contribution is 7.99. The third-order valence-electron chi connectivity index (χ3n) is 3.96. The Morgan fingerprint density at radius 1 is 1.11 bits per heavy atom. The summed E-state index contributed by atoms with van der Waals surface area (Å²) in [7, 11) is 1.62. The number of carbonyl (C=O) groups excluding carboxylic acids is 1. The molecule has 0 aliphatic carbocycles. The number of ether oxygens (including phenoxy) is 1. The first-order valence-electron chi connectivity index (χ1n) is 8.79. The van der Waals surface area contributed by atoms with Crippen LogP contribution in [0.3, 0.4) is 0 Å². The summed E-state index contributed by atoms with van der Waals surface area (Å²) in [4.78, 5) is 20.2. The van der Waals surface area contributed by atoms with Gasteiger partial charge in [0, 0.05) is 24.3 Å². The molecule has 140 valence electrons. The zero-order chi connectivity index (χ0) is 19.1. The summed E-state index contributed by atoms with van der Waals surface area (Å²) >= 11 is 1.39. The number of aromatic amines is 1. The van der Waals surface area contributed by atoms with Crippen LogP contribution in [0.15, 0.2) is 65.8 Å². The molecular weight excluding hydrogens is 358 g/mol. The Hall–Kier alpha value is -2.57. The van der Waals surface area contributed by atoms with Gasteiger partial charge in [0.15, 0.2) is 5.16 Å². The van der Waals surface area contributed by atoms with E-state index in [9.17, 15) is 4.79 Å². The Balaban J connectivity index is 1.79. The molecule has 2 aromatic carbocycles. The number of methoxy groups -OCH3 is 1. The molecule has 0 aliphatic heterocycles. The average molecular weight is 382 g/mol. The van der Waals surface area contributed by atoms with E-state index in [1.165, 1.54) is 11.8 Å². The molecular formula is C21H23N3O2S. The van der Waals surface area contributed by atoms with Gasteiger partial charge in [-0.2, -0.15) is 0 Å². The minimum absolute atomic E-state index is 0.0144. The van der Waals surface area contributed by atoms with Crippen molar-refractivity contribution in [2.24, 2.45) is 0 Å². The quantitative estimate of drug-likeness (QED) is 0.579. The van der Waals surface area contributed by atoms with E-state index in [2.05, 4.69) is 10.3 Å². The third-order valence-corrected chi connectivity index (χ3v) is 4.83. The van der Waals surface area contributed by atoms with Crippen molar-refractivity contribution >= 4 is 17.7 Å². The van der Waals surface area contributed by atoms with Gasteiger partial charge in [0.05, 0.1) is 23.7 Å². The van der Waals surface area contributed by atoms with E-state index in [0.717, 1.165) is 27.7 Å². The van der Waals surface area contributed by atoms with Gasteiger partial charge in [-0.3, -0.25) is 4.79 Å². The van der Waals surface area contributed by atoms with E-state index in [4.69, 9.17) is 9.72 Å². The van der Waals surface area contributed by atoms with Crippen LogP contribution in [-0.2, 0) is 9.53 Å². The summed E-state index contributed by atoms with van der Waals surface area (Å²) in [5.41, 5.74) is 3.95. The molecule has 0 fully saturated rings. The number of H-pyrrole nitrogens is 1. The molecule has 3 aromatic rings. The number of thioether (sulfide) groups is 1. The van der Waals surface area contributed by atoms with Crippen molar-refractivity contribution < 1.29 is 9.53 Å². The number of amides is 1. The molecule has 1 atom stereocenters. The van der Waals surface area contributed by atoms with Crippen molar-refractivity contribution in [2.45, 2.75) is 18.1 Å². The van der Waals surface area contributed by atoms with Crippen LogP contribution in [0, 0.1) is 0 Å². The van der Waals surface area contributed by atoms with Crippen LogP contribution < -0.4 is 5.32 Å². The van der Waals surface area contributed by atoms with Crippen molar-refractivity contribution in [1.29, 1.82) is 0 Å². The molecule has 3 rings (SSSR count). The third kappa shape index (κ3) is 5.21. The number of benzene rings is 2. The molecule has 2 N–H and O–H groups in total.